The molecule has 0 saturated heterocycles. The zero-order valence-electron chi connectivity index (χ0n) is 7.30. The second-order valence-electron chi connectivity index (χ2n) is 3.31. The molecule has 0 aromatic rings. The maximum Gasteiger partial charge on any atom is 0.308 e. The molecular formula is C9H16O2. The fraction of sp³-hybridized carbons (Fsp3) is 0.889. The number of hydrogen-bond acceptors (Lipinski definition) is 2. The second-order valence-corrected chi connectivity index (χ2v) is 3.31. The summed E-state index contributed by atoms with van der Waals surface area (Å²) in [6, 6.07) is 0. The van der Waals surface area contributed by atoms with Crippen LogP contribution < -0.4 is 0 Å². The highest BCUT2D eigenvalue weighted by Crippen LogP contribution is 2.33. The molecule has 1 aliphatic carbocycles. The van der Waals surface area contributed by atoms with Gasteiger partial charge in [-0.25, -0.2) is 0 Å². The Hall–Kier alpha value is -0.530. The van der Waals surface area contributed by atoms with Gasteiger partial charge >= 0.3 is 5.97 Å². The van der Waals surface area contributed by atoms with Crippen LogP contribution in [0.2, 0.25) is 0 Å². The quantitative estimate of drug-likeness (QED) is 0.571. The Balaban J connectivity index is 2.35. The van der Waals surface area contributed by atoms with Crippen molar-refractivity contribution < 1.29 is 9.53 Å². The third kappa shape index (κ3) is 1.95. The summed E-state index contributed by atoms with van der Waals surface area (Å²) in [7, 11) is 1.47. The molecular weight excluding hydrogens is 140 g/mol. The van der Waals surface area contributed by atoms with E-state index in [0.29, 0.717) is 0 Å². The summed E-state index contributed by atoms with van der Waals surface area (Å²) in [4.78, 5) is 11.1. The predicted octanol–water partition coefficient (Wildman–Crippen LogP) is 1.99. The van der Waals surface area contributed by atoms with E-state index in [9.17, 15) is 4.79 Å². The highest BCUT2D eigenvalue weighted by molar-refractivity contribution is 5.72. The van der Waals surface area contributed by atoms with Gasteiger partial charge in [0.15, 0.2) is 0 Å². The van der Waals surface area contributed by atoms with Gasteiger partial charge in [-0.2, -0.15) is 0 Å². The van der Waals surface area contributed by atoms with E-state index in [0.717, 1.165) is 18.8 Å². The van der Waals surface area contributed by atoms with Crippen molar-refractivity contribution in [3.63, 3.8) is 0 Å². The molecule has 64 valence electrons. The molecule has 1 fully saturated rings. The molecule has 2 heteroatoms. The summed E-state index contributed by atoms with van der Waals surface area (Å²) in [5.41, 5.74) is 0. The number of esters is 1. The van der Waals surface area contributed by atoms with E-state index in [4.69, 9.17) is 0 Å². The third-order valence-corrected chi connectivity index (χ3v) is 2.65. The fourth-order valence-electron chi connectivity index (χ4n) is 1.83. The Morgan fingerprint density at radius 2 is 2.27 bits per heavy atom. The standard InChI is InChI=1S/C9H16O2/c1-3-7-4-5-8(6-7)9(10)11-2/h7-8H,3-6H2,1-2H3/t7-,8-/m1/s1. The molecule has 0 bridgehead atoms. The van der Waals surface area contributed by atoms with E-state index < -0.39 is 0 Å². The first-order valence-electron chi connectivity index (χ1n) is 4.35. The molecule has 0 aromatic carbocycles. The average Bonchev–Trinajstić information content (AvgIpc) is 2.50. The van der Waals surface area contributed by atoms with Crippen LogP contribution in [0.1, 0.15) is 32.6 Å². The Morgan fingerprint density at radius 3 is 2.73 bits per heavy atom. The molecule has 0 aliphatic heterocycles. The van der Waals surface area contributed by atoms with Crippen molar-refractivity contribution >= 4 is 5.97 Å². The van der Waals surface area contributed by atoms with Crippen LogP contribution in [0.15, 0.2) is 0 Å². The first-order valence-corrected chi connectivity index (χ1v) is 4.35. The van der Waals surface area contributed by atoms with Crippen LogP contribution in [0.3, 0.4) is 0 Å². The van der Waals surface area contributed by atoms with Gasteiger partial charge in [-0.1, -0.05) is 13.3 Å². The molecule has 2 nitrogen and oxygen atoms in total. The van der Waals surface area contributed by atoms with Crippen molar-refractivity contribution in [1.29, 1.82) is 0 Å². The highest BCUT2D eigenvalue weighted by atomic mass is 16.5. The molecule has 1 aliphatic rings. The van der Waals surface area contributed by atoms with Crippen molar-refractivity contribution in [3.8, 4) is 0 Å². The molecule has 0 unspecified atom stereocenters. The molecule has 0 aromatic heterocycles. The van der Waals surface area contributed by atoms with E-state index in [1.54, 1.807) is 0 Å². The van der Waals surface area contributed by atoms with Crippen molar-refractivity contribution in [2.24, 2.45) is 11.8 Å². The third-order valence-electron chi connectivity index (χ3n) is 2.65. The molecule has 0 amide bonds. The maximum atomic E-state index is 11.1. The zero-order chi connectivity index (χ0) is 8.27. The van der Waals surface area contributed by atoms with Crippen molar-refractivity contribution in [3.05, 3.63) is 0 Å². The topological polar surface area (TPSA) is 26.3 Å². The van der Waals surface area contributed by atoms with Gasteiger partial charge in [-0.15, -0.1) is 0 Å². The highest BCUT2D eigenvalue weighted by Gasteiger charge is 2.29. The number of carbonyl (C=O) groups is 1. The van der Waals surface area contributed by atoms with Crippen LogP contribution in [0.5, 0.6) is 0 Å². The van der Waals surface area contributed by atoms with Gasteiger partial charge in [0.1, 0.15) is 0 Å². The van der Waals surface area contributed by atoms with Gasteiger partial charge < -0.3 is 4.74 Å². The minimum atomic E-state index is -0.0130. The summed E-state index contributed by atoms with van der Waals surface area (Å²) in [5, 5.41) is 0. The zero-order valence-corrected chi connectivity index (χ0v) is 7.30. The average molecular weight is 156 g/mol. The lowest BCUT2D eigenvalue weighted by atomic mass is 10.0. The van der Waals surface area contributed by atoms with Crippen LogP contribution in [-0.2, 0) is 9.53 Å². The number of hydrogen-bond donors (Lipinski definition) is 0. The summed E-state index contributed by atoms with van der Waals surface area (Å²) in [6.07, 6.45) is 4.48. The lowest BCUT2D eigenvalue weighted by Gasteiger charge is -2.06. The van der Waals surface area contributed by atoms with Gasteiger partial charge in [0.05, 0.1) is 13.0 Å². The predicted molar refractivity (Wildman–Crippen MR) is 43.1 cm³/mol. The fourth-order valence-corrected chi connectivity index (χ4v) is 1.83. The van der Waals surface area contributed by atoms with E-state index in [2.05, 4.69) is 11.7 Å². The van der Waals surface area contributed by atoms with E-state index >= 15 is 0 Å². The molecule has 0 radical (unpaired) electrons. The molecule has 1 saturated carbocycles. The van der Waals surface area contributed by atoms with Gasteiger partial charge in [0.2, 0.25) is 0 Å². The number of ether oxygens (including phenoxy) is 1. The van der Waals surface area contributed by atoms with E-state index in [1.165, 1.54) is 20.0 Å². The van der Waals surface area contributed by atoms with Crippen molar-refractivity contribution in [2.75, 3.05) is 7.11 Å². The summed E-state index contributed by atoms with van der Waals surface area (Å²) < 4.78 is 4.69. The Labute approximate surface area is 67.9 Å². The monoisotopic (exact) mass is 156 g/mol. The normalized spacial score (nSPS) is 30.4. The molecule has 2 atom stereocenters. The minimum Gasteiger partial charge on any atom is -0.469 e. The van der Waals surface area contributed by atoms with Crippen LogP contribution in [0.4, 0.5) is 0 Å². The first kappa shape index (κ1) is 8.57. The molecule has 0 N–H and O–H groups in total. The van der Waals surface area contributed by atoms with Crippen LogP contribution >= 0.6 is 0 Å². The van der Waals surface area contributed by atoms with Gasteiger partial charge in [0, 0.05) is 0 Å². The second kappa shape index (κ2) is 3.74. The van der Waals surface area contributed by atoms with Crippen LogP contribution in [-0.4, -0.2) is 13.1 Å². The summed E-state index contributed by atoms with van der Waals surface area (Å²) in [5.74, 6) is 0.949. The first-order chi connectivity index (χ1) is 5.27. The molecule has 0 heterocycles. The largest absolute Gasteiger partial charge is 0.469 e. The Bertz CT molecular complexity index is 142. The molecule has 11 heavy (non-hydrogen) atoms. The molecule has 1 rings (SSSR count). The van der Waals surface area contributed by atoms with Crippen molar-refractivity contribution in [1.82, 2.24) is 0 Å². The smallest absolute Gasteiger partial charge is 0.308 e. The minimum absolute atomic E-state index is 0.0130. The van der Waals surface area contributed by atoms with Gasteiger partial charge in [-0.3, -0.25) is 4.79 Å². The lowest BCUT2D eigenvalue weighted by molar-refractivity contribution is -0.145. The summed E-state index contributed by atoms with van der Waals surface area (Å²) in [6.45, 7) is 2.18. The SMILES string of the molecule is CC[C@@H]1CC[C@@H](C(=O)OC)C1. The molecule has 0 spiro atoms. The maximum absolute atomic E-state index is 11.1. The Kier molecular flexibility index (Phi) is 2.92. The number of methoxy groups -OCH3 is 1. The van der Waals surface area contributed by atoms with Crippen LogP contribution in [0, 0.1) is 11.8 Å². The number of carbonyl (C=O) groups excluding carboxylic acids is 1. The van der Waals surface area contributed by atoms with Crippen molar-refractivity contribution in [2.45, 2.75) is 32.6 Å². The lowest BCUT2D eigenvalue weighted by Crippen LogP contribution is -2.12. The Morgan fingerprint density at radius 1 is 1.55 bits per heavy atom. The van der Waals surface area contributed by atoms with E-state index in [1.807, 2.05) is 0 Å². The number of rotatable bonds is 2. The van der Waals surface area contributed by atoms with Gasteiger partial charge in [0.25, 0.3) is 0 Å². The van der Waals surface area contributed by atoms with Gasteiger partial charge in [-0.05, 0) is 25.2 Å². The van der Waals surface area contributed by atoms with Crippen LogP contribution in [0.25, 0.3) is 0 Å². The van der Waals surface area contributed by atoms with E-state index in [-0.39, 0.29) is 11.9 Å². The summed E-state index contributed by atoms with van der Waals surface area (Å²) >= 11 is 0.